The van der Waals surface area contributed by atoms with E-state index < -0.39 is 0 Å². The van der Waals surface area contributed by atoms with Gasteiger partial charge in [0.1, 0.15) is 0 Å². The molecule has 1 unspecified atom stereocenters. The number of piperidine rings is 1. The van der Waals surface area contributed by atoms with Gasteiger partial charge < -0.3 is 10.0 Å². The molecule has 4 rings (SSSR count). The molecule has 1 saturated heterocycles. The first-order valence-electron chi connectivity index (χ1n) is 10.3. The zero-order valence-corrected chi connectivity index (χ0v) is 16.3. The standard InChI is InChI=1S/C25H28N2O/c28-19-21-9-4-10-22(17-21)24-12-5-13-25(26-24)23-11-6-15-27(18-23)16-14-20-7-2-1-3-8-20/h1-5,7-10,12-13,17,23,28H,6,11,14-16,18-19H2. The maximum atomic E-state index is 9.40. The van der Waals surface area contributed by atoms with E-state index in [4.69, 9.17) is 4.98 Å². The molecule has 1 N–H and O–H groups in total. The van der Waals surface area contributed by atoms with Crippen LogP contribution in [0.5, 0.6) is 0 Å². The highest BCUT2D eigenvalue weighted by atomic mass is 16.3. The SMILES string of the molecule is OCc1cccc(-c2cccc(C3CCCN(CCc4ccccc4)C3)n2)c1. The number of hydrogen-bond acceptors (Lipinski definition) is 3. The van der Waals surface area contributed by atoms with Gasteiger partial charge in [-0.1, -0.05) is 54.6 Å². The van der Waals surface area contributed by atoms with Crippen molar-refractivity contribution < 1.29 is 5.11 Å². The van der Waals surface area contributed by atoms with E-state index in [1.165, 1.54) is 30.6 Å². The van der Waals surface area contributed by atoms with Crippen LogP contribution in [-0.2, 0) is 13.0 Å². The largest absolute Gasteiger partial charge is 0.392 e. The van der Waals surface area contributed by atoms with Gasteiger partial charge in [-0.2, -0.15) is 0 Å². The number of aromatic nitrogens is 1. The molecular formula is C25H28N2O. The van der Waals surface area contributed by atoms with Crippen molar-refractivity contribution in [3.05, 3.63) is 89.6 Å². The molecule has 3 heteroatoms. The molecule has 0 saturated carbocycles. The van der Waals surface area contributed by atoms with Crippen LogP contribution in [0.25, 0.3) is 11.3 Å². The number of likely N-dealkylation sites (tertiary alicyclic amines) is 1. The molecule has 1 aromatic heterocycles. The summed E-state index contributed by atoms with van der Waals surface area (Å²) in [6.07, 6.45) is 3.54. The molecule has 0 aliphatic carbocycles. The Balaban J connectivity index is 1.44. The Morgan fingerprint density at radius 3 is 2.61 bits per heavy atom. The monoisotopic (exact) mass is 372 g/mol. The van der Waals surface area contributed by atoms with E-state index in [1.807, 2.05) is 18.2 Å². The zero-order valence-electron chi connectivity index (χ0n) is 16.3. The van der Waals surface area contributed by atoms with Gasteiger partial charge in [-0.25, -0.2) is 0 Å². The molecular weight excluding hydrogens is 344 g/mol. The average Bonchev–Trinajstić information content (AvgIpc) is 2.79. The van der Waals surface area contributed by atoms with E-state index >= 15 is 0 Å². The van der Waals surface area contributed by atoms with Gasteiger partial charge in [0.15, 0.2) is 0 Å². The number of benzene rings is 2. The van der Waals surface area contributed by atoms with Gasteiger partial charge in [0, 0.05) is 30.3 Å². The normalized spacial score (nSPS) is 17.5. The van der Waals surface area contributed by atoms with Crippen molar-refractivity contribution in [2.75, 3.05) is 19.6 Å². The number of hydrogen-bond donors (Lipinski definition) is 1. The number of pyridine rings is 1. The second kappa shape index (κ2) is 9.13. The predicted octanol–water partition coefficient (Wildman–Crippen LogP) is 4.66. The average molecular weight is 373 g/mol. The Bertz CT molecular complexity index is 894. The van der Waals surface area contributed by atoms with Crippen LogP contribution in [0.2, 0.25) is 0 Å². The van der Waals surface area contributed by atoms with Crippen molar-refractivity contribution in [3.63, 3.8) is 0 Å². The number of aliphatic hydroxyl groups is 1. The van der Waals surface area contributed by atoms with Gasteiger partial charge >= 0.3 is 0 Å². The quantitative estimate of drug-likeness (QED) is 0.683. The minimum absolute atomic E-state index is 0.0620. The molecule has 1 aliphatic rings. The van der Waals surface area contributed by atoms with E-state index in [0.717, 1.165) is 36.3 Å². The van der Waals surface area contributed by atoms with Crippen LogP contribution in [0.4, 0.5) is 0 Å². The Morgan fingerprint density at radius 1 is 0.929 bits per heavy atom. The van der Waals surface area contributed by atoms with E-state index in [2.05, 4.69) is 59.5 Å². The summed E-state index contributed by atoms with van der Waals surface area (Å²) in [5.74, 6) is 0.491. The van der Waals surface area contributed by atoms with Crippen molar-refractivity contribution >= 4 is 0 Å². The van der Waals surface area contributed by atoms with Gasteiger partial charge in [-0.15, -0.1) is 0 Å². The lowest BCUT2D eigenvalue weighted by Gasteiger charge is -2.32. The third-order valence-electron chi connectivity index (χ3n) is 5.66. The summed E-state index contributed by atoms with van der Waals surface area (Å²) in [4.78, 5) is 7.57. The van der Waals surface area contributed by atoms with Crippen molar-refractivity contribution in [1.29, 1.82) is 0 Å². The predicted molar refractivity (Wildman–Crippen MR) is 114 cm³/mol. The zero-order chi connectivity index (χ0) is 19.2. The molecule has 0 amide bonds. The molecule has 3 aromatic rings. The number of nitrogens with zero attached hydrogens (tertiary/aromatic N) is 2. The first-order valence-corrected chi connectivity index (χ1v) is 10.3. The molecule has 3 nitrogen and oxygen atoms in total. The third-order valence-corrected chi connectivity index (χ3v) is 5.66. The molecule has 1 fully saturated rings. The van der Waals surface area contributed by atoms with Gasteiger partial charge in [-0.3, -0.25) is 4.98 Å². The van der Waals surface area contributed by atoms with Crippen molar-refractivity contribution in [3.8, 4) is 11.3 Å². The summed E-state index contributed by atoms with van der Waals surface area (Å²) >= 11 is 0. The van der Waals surface area contributed by atoms with Crippen LogP contribution in [0.1, 0.15) is 35.6 Å². The highest BCUT2D eigenvalue weighted by Gasteiger charge is 2.22. The van der Waals surface area contributed by atoms with E-state index in [9.17, 15) is 5.11 Å². The van der Waals surface area contributed by atoms with Gasteiger partial charge in [0.25, 0.3) is 0 Å². The first kappa shape index (κ1) is 18.9. The summed E-state index contributed by atoms with van der Waals surface area (Å²) in [5, 5.41) is 9.40. The Hall–Kier alpha value is -2.49. The summed E-state index contributed by atoms with van der Waals surface area (Å²) in [6, 6.07) is 25.1. The van der Waals surface area contributed by atoms with Gasteiger partial charge in [-0.05, 0) is 55.1 Å². The van der Waals surface area contributed by atoms with Gasteiger partial charge in [0.05, 0.1) is 12.3 Å². The van der Waals surface area contributed by atoms with Crippen LogP contribution < -0.4 is 0 Å². The first-order chi connectivity index (χ1) is 13.8. The lowest BCUT2D eigenvalue weighted by atomic mass is 9.93. The Morgan fingerprint density at radius 2 is 1.75 bits per heavy atom. The van der Waals surface area contributed by atoms with Crippen molar-refractivity contribution in [1.82, 2.24) is 9.88 Å². The fourth-order valence-electron chi connectivity index (χ4n) is 4.10. The lowest BCUT2D eigenvalue weighted by Crippen LogP contribution is -2.36. The second-order valence-corrected chi connectivity index (χ2v) is 7.68. The molecule has 1 aliphatic heterocycles. The minimum atomic E-state index is 0.0620. The number of aliphatic hydroxyl groups excluding tert-OH is 1. The molecule has 2 aromatic carbocycles. The summed E-state index contributed by atoms with van der Waals surface area (Å²) in [5.41, 5.74) is 5.60. The van der Waals surface area contributed by atoms with E-state index in [-0.39, 0.29) is 6.61 Å². The fraction of sp³-hybridized carbons (Fsp3) is 0.320. The second-order valence-electron chi connectivity index (χ2n) is 7.68. The summed E-state index contributed by atoms with van der Waals surface area (Å²) in [6.45, 7) is 3.44. The van der Waals surface area contributed by atoms with Crippen LogP contribution in [-0.4, -0.2) is 34.6 Å². The lowest BCUT2D eigenvalue weighted by molar-refractivity contribution is 0.208. The van der Waals surface area contributed by atoms with E-state index in [0.29, 0.717) is 5.92 Å². The summed E-state index contributed by atoms with van der Waals surface area (Å²) < 4.78 is 0. The highest BCUT2D eigenvalue weighted by Crippen LogP contribution is 2.28. The van der Waals surface area contributed by atoms with Crippen LogP contribution in [0.3, 0.4) is 0 Å². The maximum Gasteiger partial charge on any atom is 0.0705 e. The molecule has 28 heavy (non-hydrogen) atoms. The Kier molecular flexibility index (Phi) is 6.15. The fourth-order valence-corrected chi connectivity index (χ4v) is 4.10. The van der Waals surface area contributed by atoms with Crippen LogP contribution in [0.15, 0.2) is 72.8 Å². The van der Waals surface area contributed by atoms with Crippen LogP contribution >= 0.6 is 0 Å². The maximum absolute atomic E-state index is 9.40. The Labute approximate surface area is 167 Å². The van der Waals surface area contributed by atoms with Crippen molar-refractivity contribution in [2.45, 2.75) is 31.8 Å². The number of rotatable bonds is 6. The van der Waals surface area contributed by atoms with Gasteiger partial charge in [0.2, 0.25) is 0 Å². The molecule has 0 radical (unpaired) electrons. The third kappa shape index (κ3) is 4.67. The molecule has 144 valence electrons. The molecule has 1 atom stereocenters. The van der Waals surface area contributed by atoms with E-state index in [1.54, 1.807) is 0 Å². The molecule has 0 spiro atoms. The smallest absolute Gasteiger partial charge is 0.0705 e. The van der Waals surface area contributed by atoms with Crippen LogP contribution in [0, 0.1) is 0 Å². The molecule has 2 heterocycles. The molecule has 0 bridgehead atoms. The summed E-state index contributed by atoms with van der Waals surface area (Å²) in [7, 11) is 0. The van der Waals surface area contributed by atoms with Crippen molar-refractivity contribution in [2.24, 2.45) is 0 Å². The topological polar surface area (TPSA) is 36.4 Å². The highest BCUT2D eigenvalue weighted by molar-refractivity contribution is 5.60. The minimum Gasteiger partial charge on any atom is -0.392 e.